The summed E-state index contributed by atoms with van der Waals surface area (Å²) in [5, 5.41) is 13.1. The summed E-state index contributed by atoms with van der Waals surface area (Å²) in [5.74, 6) is 1.59. The first-order valence-electron chi connectivity index (χ1n) is 6.45. The molecule has 19 heavy (non-hydrogen) atoms. The normalized spacial score (nSPS) is 12.4. The van der Waals surface area contributed by atoms with E-state index in [1.165, 1.54) is 5.56 Å². The molecule has 0 saturated heterocycles. The Morgan fingerprint density at radius 2 is 2.05 bits per heavy atom. The molecule has 1 aromatic carbocycles. The zero-order valence-electron chi connectivity index (χ0n) is 11.3. The first-order valence-corrected chi connectivity index (χ1v) is 6.45. The number of aryl methyl sites for hydroxylation is 2. The molecular formula is C15H19NO3. The number of hydrogen-bond acceptors (Lipinski definition) is 4. The Bertz CT molecular complexity index is 502. The average molecular weight is 261 g/mol. The summed E-state index contributed by atoms with van der Waals surface area (Å²) >= 11 is 0. The van der Waals surface area contributed by atoms with Gasteiger partial charge < -0.3 is 14.4 Å². The minimum Gasteiger partial charge on any atom is -0.487 e. The minimum atomic E-state index is -0.258. The summed E-state index contributed by atoms with van der Waals surface area (Å²) in [4.78, 5) is 0. The van der Waals surface area contributed by atoms with Crippen LogP contribution in [0.1, 0.15) is 30.4 Å². The highest BCUT2D eigenvalue weighted by Gasteiger charge is 2.02. The highest BCUT2D eigenvalue weighted by Crippen LogP contribution is 2.15. The number of rotatable bonds is 6. The molecule has 0 amide bonds. The summed E-state index contributed by atoms with van der Waals surface area (Å²) in [6, 6.07) is 9.77. The molecule has 2 aromatic rings. The third-order valence-electron chi connectivity index (χ3n) is 2.84. The Labute approximate surface area is 113 Å². The van der Waals surface area contributed by atoms with Crippen molar-refractivity contribution in [3.8, 4) is 5.75 Å². The van der Waals surface area contributed by atoms with E-state index in [9.17, 15) is 5.11 Å². The number of aliphatic hydroxyl groups excluding tert-OH is 1. The molecule has 0 spiro atoms. The minimum absolute atomic E-state index is 0.258. The van der Waals surface area contributed by atoms with Gasteiger partial charge in [0, 0.05) is 6.07 Å². The van der Waals surface area contributed by atoms with Crippen LogP contribution < -0.4 is 4.74 Å². The zero-order valence-corrected chi connectivity index (χ0v) is 11.3. The van der Waals surface area contributed by atoms with Gasteiger partial charge in [0.2, 0.25) is 0 Å². The summed E-state index contributed by atoms with van der Waals surface area (Å²) in [6.07, 6.45) is 1.39. The van der Waals surface area contributed by atoms with Crippen molar-refractivity contribution >= 4 is 0 Å². The largest absolute Gasteiger partial charge is 0.487 e. The van der Waals surface area contributed by atoms with E-state index in [0.29, 0.717) is 6.61 Å². The van der Waals surface area contributed by atoms with Gasteiger partial charge in [0.25, 0.3) is 0 Å². The number of aromatic nitrogens is 1. The van der Waals surface area contributed by atoms with Crippen molar-refractivity contribution in [3.05, 3.63) is 47.3 Å². The smallest absolute Gasteiger partial charge is 0.134 e. The second-order valence-electron chi connectivity index (χ2n) is 4.75. The van der Waals surface area contributed by atoms with Crippen molar-refractivity contribution < 1.29 is 14.4 Å². The SMILES string of the molecule is Cc1cc(COc2ccc(CCC(C)O)cc2)no1. The molecule has 0 aliphatic rings. The molecule has 4 heteroatoms. The molecule has 0 radical (unpaired) electrons. The van der Waals surface area contributed by atoms with E-state index < -0.39 is 0 Å². The molecule has 1 atom stereocenters. The Morgan fingerprint density at radius 1 is 1.32 bits per heavy atom. The summed E-state index contributed by atoms with van der Waals surface area (Å²) < 4.78 is 10.6. The standard InChI is InChI=1S/C15H19NO3/c1-11(17)3-4-13-5-7-15(8-6-13)18-10-14-9-12(2)19-16-14/h5-9,11,17H,3-4,10H2,1-2H3. The Kier molecular flexibility index (Phi) is 4.58. The molecule has 0 aliphatic heterocycles. The van der Waals surface area contributed by atoms with Gasteiger partial charge in [-0.25, -0.2) is 0 Å². The van der Waals surface area contributed by atoms with Crippen molar-refractivity contribution in [2.75, 3.05) is 0 Å². The van der Waals surface area contributed by atoms with Gasteiger partial charge in [-0.3, -0.25) is 0 Å². The van der Waals surface area contributed by atoms with E-state index in [2.05, 4.69) is 5.16 Å². The van der Waals surface area contributed by atoms with Gasteiger partial charge >= 0.3 is 0 Å². The summed E-state index contributed by atoms with van der Waals surface area (Å²) in [7, 11) is 0. The Morgan fingerprint density at radius 3 is 2.63 bits per heavy atom. The van der Waals surface area contributed by atoms with E-state index in [-0.39, 0.29) is 6.10 Å². The highest BCUT2D eigenvalue weighted by molar-refractivity contribution is 5.27. The van der Waals surface area contributed by atoms with Gasteiger partial charge in [-0.05, 0) is 44.4 Å². The van der Waals surface area contributed by atoms with Crippen LogP contribution in [0.15, 0.2) is 34.9 Å². The number of aliphatic hydroxyl groups is 1. The fraction of sp³-hybridized carbons (Fsp3) is 0.400. The molecular weight excluding hydrogens is 242 g/mol. The molecule has 0 saturated carbocycles. The van der Waals surface area contributed by atoms with Crippen molar-refractivity contribution in [1.29, 1.82) is 0 Å². The van der Waals surface area contributed by atoms with Crippen molar-refractivity contribution in [2.45, 2.75) is 39.4 Å². The number of benzene rings is 1. The highest BCUT2D eigenvalue weighted by atomic mass is 16.5. The van der Waals surface area contributed by atoms with Gasteiger partial charge in [-0.15, -0.1) is 0 Å². The van der Waals surface area contributed by atoms with Gasteiger partial charge in [-0.2, -0.15) is 0 Å². The predicted molar refractivity (Wildman–Crippen MR) is 72.0 cm³/mol. The quantitative estimate of drug-likeness (QED) is 0.868. The number of hydrogen-bond donors (Lipinski definition) is 1. The van der Waals surface area contributed by atoms with Crippen LogP contribution in [0, 0.1) is 6.92 Å². The van der Waals surface area contributed by atoms with Gasteiger partial charge in [-0.1, -0.05) is 17.3 Å². The number of nitrogens with zero attached hydrogens (tertiary/aromatic N) is 1. The maximum Gasteiger partial charge on any atom is 0.134 e. The first kappa shape index (κ1) is 13.6. The summed E-state index contributed by atoms with van der Waals surface area (Å²) in [6.45, 7) is 4.06. The Balaban J connectivity index is 1.84. The van der Waals surface area contributed by atoms with E-state index in [1.807, 2.05) is 37.3 Å². The predicted octanol–water partition coefficient (Wildman–Crippen LogP) is 2.88. The molecule has 0 aliphatic carbocycles. The maximum atomic E-state index is 9.24. The van der Waals surface area contributed by atoms with Crippen LogP contribution in [0.25, 0.3) is 0 Å². The van der Waals surface area contributed by atoms with Gasteiger partial charge in [0.05, 0.1) is 6.10 Å². The fourth-order valence-electron chi connectivity index (χ4n) is 1.77. The fourth-order valence-corrected chi connectivity index (χ4v) is 1.77. The molecule has 2 rings (SSSR count). The average Bonchev–Trinajstić information content (AvgIpc) is 2.81. The van der Waals surface area contributed by atoms with Crippen LogP contribution in [-0.2, 0) is 13.0 Å². The molecule has 102 valence electrons. The molecule has 4 nitrogen and oxygen atoms in total. The second-order valence-corrected chi connectivity index (χ2v) is 4.75. The molecule has 1 unspecified atom stereocenters. The van der Waals surface area contributed by atoms with Crippen LogP contribution in [0.5, 0.6) is 5.75 Å². The third-order valence-corrected chi connectivity index (χ3v) is 2.84. The van der Waals surface area contributed by atoms with Crippen molar-refractivity contribution in [3.63, 3.8) is 0 Å². The van der Waals surface area contributed by atoms with Crippen LogP contribution in [0.4, 0.5) is 0 Å². The zero-order chi connectivity index (χ0) is 13.7. The molecule has 1 heterocycles. The monoisotopic (exact) mass is 261 g/mol. The first-order chi connectivity index (χ1) is 9.13. The molecule has 1 N–H and O–H groups in total. The van der Waals surface area contributed by atoms with Crippen LogP contribution in [-0.4, -0.2) is 16.4 Å². The van der Waals surface area contributed by atoms with Crippen molar-refractivity contribution in [2.24, 2.45) is 0 Å². The van der Waals surface area contributed by atoms with E-state index in [1.54, 1.807) is 6.92 Å². The molecule has 1 aromatic heterocycles. The lowest BCUT2D eigenvalue weighted by Gasteiger charge is -2.06. The molecule has 0 bridgehead atoms. The summed E-state index contributed by atoms with van der Waals surface area (Å²) in [5.41, 5.74) is 1.99. The number of ether oxygens (including phenoxy) is 1. The van der Waals surface area contributed by atoms with Gasteiger partial charge in [0.1, 0.15) is 23.8 Å². The lowest BCUT2D eigenvalue weighted by Crippen LogP contribution is -2.01. The van der Waals surface area contributed by atoms with E-state index in [4.69, 9.17) is 9.26 Å². The van der Waals surface area contributed by atoms with Crippen LogP contribution in [0.2, 0.25) is 0 Å². The Hall–Kier alpha value is -1.81. The lowest BCUT2D eigenvalue weighted by atomic mass is 10.1. The van der Waals surface area contributed by atoms with Gasteiger partial charge in [0.15, 0.2) is 0 Å². The van der Waals surface area contributed by atoms with Crippen molar-refractivity contribution in [1.82, 2.24) is 5.16 Å². The maximum absolute atomic E-state index is 9.24. The van der Waals surface area contributed by atoms with Crippen LogP contribution in [0.3, 0.4) is 0 Å². The van der Waals surface area contributed by atoms with E-state index in [0.717, 1.165) is 30.0 Å². The van der Waals surface area contributed by atoms with Crippen LogP contribution >= 0.6 is 0 Å². The van der Waals surface area contributed by atoms with E-state index >= 15 is 0 Å². The second kappa shape index (κ2) is 6.38. The topological polar surface area (TPSA) is 55.5 Å². The lowest BCUT2D eigenvalue weighted by molar-refractivity contribution is 0.185. The third kappa shape index (κ3) is 4.41. The molecule has 0 fully saturated rings.